The van der Waals surface area contributed by atoms with Crippen LogP contribution in [0.15, 0.2) is 66.7 Å². The highest BCUT2D eigenvalue weighted by atomic mass is 35.5. The Labute approximate surface area is 239 Å². The number of carbonyl (C=O) groups is 2. The first-order valence-electron chi connectivity index (χ1n) is 12.8. The van der Waals surface area contributed by atoms with E-state index < -0.39 is 6.04 Å². The SMILES string of the molecule is Cc1cc(OCC(=O)N(Cc2ccc(Cl)cc2Cl)C(Cc2ccccc2)C(=O)NC2CCCC2)ccc1Cl. The molecule has 3 aromatic rings. The summed E-state index contributed by atoms with van der Waals surface area (Å²) in [5, 5.41) is 4.74. The third-order valence-corrected chi connectivity index (χ3v) is 7.83. The Kier molecular flexibility index (Phi) is 9.95. The van der Waals surface area contributed by atoms with Crippen LogP contribution < -0.4 is 10.1 Å². The fourth-order valence-electron chi connectivity index (χ4n) is 4.69. The Balaban J connectivity index is 1.63. The van der Waals surface area contributed by atoms with Crippen LogP contribution >= 0.6 is 34.8 Å². The van der Waals surface area contributed by atoms with Crippen LogP contribution in [-0.4, -0.2) is 35.4 Å². The van der Waals surface area contributed by atoms with E-state index in [1.165, 1.54) is 0 Å². The number of amides is 2. The number of carbonyl (C=O) groups excluding carboxylic acids is 2. The number of aryl methyl sites for hydroxylation is 1. The van der Waals surface area contributed by atoms with Crippen molar-refractivity contribution in [2.75, 3.05) is 6.61 Å². The summed E-state index contributed by atoms with van der Waals surface area (Å²) < 4.78 is 5.85. The monoisotopic (exact) mass is 572 g/mol. The van der Waals surface area contributed by atoms with E-state index in [-0.39, 0.29) is 31.0 Å². The lowest BCUT2D eigenvalue weighted by atomic mass is 10.0. The first kappa shape index (κ1) is 28.3. The lowest BCUT2D eigenvalue weighted by Crippen LogP contribution is -2.53. The van der Waals surface area contributed by atoms with Gasteiger partial charge in [0, 0.05) is 34.1 Å². The van der Waals surface area contributed by atoms with Crippen molar-refractivity contribution in [3.05, 3.63) is 98.5 Å². The molecule has 1 atom stereocenters. The molecule has 2 amide bonds. The van der Waals surface area contributed by atoms with E-state index >= 15 is 0 Å². The molecule has 0 spiro atoms. The second-order valence-electron chi connectivity index (χ2n) is 9.65. The standard InChI is InChI=1S/C30H31Cl3N2O3/c1-20-15-25(13-14-26(20)32)38-19-29(36)35(18-22-11-12-23(31)17-27(22)33)28(16-21-7-3-2-4-8-21)30(37)34-24-9-5-6-10-24/h2-4,7-8,11-15,17,24,28H,5-6,9-10,16,18-19H2,1H3,(H,34,37). The van der Waals surface area contributed by atoms with Crippen LogP contribution in [0.25, 0.3) is 0 Å². The minimum atomic E-state index is -0.757. The molecule has 0 aromatic heterocycles. The van der Waals surface area contributed by atoms with Gasteiger partial charge in [-0.25, -0.2) is 0 Å². The molecule has 4 rings (SSSR count). The molecule has 38 heavy (non-hydrogen) atoms. The van der Waals surface area contributed by atoms with E-state index in [1.54, 1.807) is 41.3 Å². The normalized spacial score (nSPS) is 14.2. The third-order valence-electron chi connectivity index (χ3n) is 6.82. The summed E-state index contributed by atoms with van der Waals surface area (Å²) in [4.78, 5) is 29.0. The highest BCUT2D eigenvalue weighted by Crippen LogP contribution is 2.26. The van der Waals surface area contributed by atoms with Crippen LogP contribution in [-0.2, 0) is 22.6 Å². The summed E-state index contributed by atoms with van der Waals surface area (Å²) >= 11 is 18.7. The molecular formula is C30H31Cl3N2O3. The van der Waals surface area contributed by atoms with Gasteiger partial charge in [-0.2, -0.15) is 0 Å². The van der Waals surface area contributed by atoms with Gasteiger partial charge in [-0.05, 0) is 66.8 Å². The van der Waals surface area contributed by atoms with Crippen LogP contribution in [0.3, 0.4) is 0 Å². The van der Waals surface area contributed by atoms with Gasteiger partial charge in [-0.15, -0.1) is 0 Å². The van der Waals surface area contributed by atoms with Gasteiger partial charge in [0.05, 0.1) is 0 Å². The number of nitrogens with one attached hydrogen (secondary N) is 1. The number of hydrogen-bond acceptors (Lipinski definition) is 3. The van der Waals surface area contributed by atoms with Gasteiger partial charge in [0.15, 0.2) is 6.61 Å². The van der Waals surface area contributed by atoms with Gasteiger partial charge in [0.2, 0.25) is 5.91 Å². The first-order valence-corrected chi connectivity index (χ1v) is 13.9. The second-order valence-corrected chi connectivity index (χ2v) is 10.9. The number of halogens is 3. The van der Waals surface area contributed by atoms with E-state index in [0.717, 1.165) is 36.8 Å². The summed E-state index contributed by atoms with van der Waals surface area (Å²) in [6, 6.07) is 19.4. The molecule has 1 aliphatic carbocycles. The predicted molar refractivity (Wildman–Crippen MR) is 153 cm³/mol. The molecule has 200 valence electrons. The van der Waals surface area contributed by atoms with Crippen LogP contribution in [0.5, 0.6) is 5.75 Å². The molecule has 0 radical (unpaired) electrons. The summed E-state index contributed by atoms with van der Waals surface area (Å²) in [5.41, 5.74) is 2.49. The third kappa shape index (κ3) is 7.66. The number of benzene rings is 3. The second kappa shape index (κ2) is 13.4. The Morgan fingerprint density at radius 2 is 1.71 bits per heavy atom. The van der Waals surface area contributed by atoms with Gasteiger partial charge in [-0.3, -0.25) is 9.59 Å². The van der Waals surface area contributed by atoms with Crippen molar-refractivity contribution in [1.29, 1.82) is 0 Å². The Morgan fingerprint density at radius 3 is 2.39 bits per heavy atom. The van der Waals surface area contributed by atoms with E-state index in [0.29, 0.717) is 32.8 Å². The summed E-state index contributed by atoms with van der Waals surface area (Å²) in [6.45, 7) is 1.76. The topological polar surface area (TPSA) is 58.6 Å². The zero-order valence-electron chi connectivity index (χ0n) is 21.3. The molecule has 1 saturated carbocycles. The number of ether oxygens (including phenoxy) is 1. The maximum Gasteiger partial charge on any atom is 0.261 e. The Hall–Kier alpha value is -2.73. The van der Waals surface area contributed by atoms with Crippen molar-refractivity contribution in [3.63, 3.8) is 0 Å². The van der Waals surface area contributed by atoms with E-state index in [9.17, 15) is 9.59 Å². The molecule has 0 bridgehead atoms. The lowest BCUT2D eigenvalue weighted by molar-refractivity contribution is -0.143. The van der Waals surface area contributed by atoms with Crippen molar-refractivity contribution < 1.29 is 14.3 Å². The van der Waals surface area contributed by atoms with Crippen molar-refractivity contribution in [2.24, 2.45) is 0 Å². The smallest absolute Gasteiger partial charge is 0.261 e. The molecular weight excluding hydrogens is 543 g/mol. The minimum absolute atomic E-state index is 0.116. The summed E-state index contributed by atoms with van der Waals surface area (Å²) in [6.07, 6.45) is 4.42. The van der Waals surface area contributed by atoms with E-state index in [2.05, 4.69) is 5.32 Å². The maximum absolute atomic E-state index is 13.8. The van der Waals surface area contributed by atoms with Crippen LogP contribution in [0, 0.1) is 6.92 Å². The fraction of sp³-hybridized carbons (Fsp3) is 0.333. The summed E-state index contributed by atoms with van der Waals surface area (Å²) in [5.74, 6) is 0.0207. The Morgan fingerprint density at radius 1 is 0.974 bits per heavy atom. The van der Waals surface area contributed by atoms with Gasteiger partial charge >= 0.3 is 0 Å². The van der Waals surface area contributed by atoms with E-state index in [4.69, 9.17) is 39.5 Å². The Bertz CT molecular complexity index is 1260. The molecule has 1 aliphatic rings. The van der Waals surface area contributed by atoms with Crippen LogP contribution in [0.1, 0.15) is 42.4 Å². The molecule has 1 N–H and O–H groups in total. The van der Waals surface area contributed by atoms with Gasteiger partial charge < -0.3 is 15.0 Å². The number of rotatable bonds is 10. The molecule has 5 nitrogen and oxygen atoms in total. The van der Waals surface area contributed by atoms with Gasteiger partial charge in [0.25, 0.3) is 5.91 Å². The summed E-state index contributed by atoms with van der Waals surface area (Å²) in [7, 11) is 0. The average molecular weight is 574 g/mol. The highest BCUT2D eigenvalue weighted by Gasteiger charge is 2.32. The van der Waals surface area contributed by atoms with Crippen LogP contribution in [0.2, 0.25) is 15.1 Å². The minimum Gasteiger partial charge on any atom is -0.484 e. The van der Waals surface area contributed by atoms with Crippen molar-refractivity contribution >= 4 is 46.6 Å². The molecule has 0 heterocycles. The molecule has 8 heteroatoms. The predicted octanol–water partition coefficient (Wildman–Crippen LogP) is 7.03. The lowest BCUT2D eigenvalue weighted by Gasteiger charge is -2.32. The number of hydrogen-bond donors (Lipinski definition) is 1. The first-order chi connectivity index (χ1) is 18.3. The number of nitrogens with zero attached hydrogens (tertiary/aromatic N) is 1. The zero-order valence-corrected chi connectivity index (χ0v) is 23.5. The van der Waals surface area contributed by atoms with Crippen LogP contribution in [0.4, 0.5) is 0 Å². The van der Waals surface area contributed by atoms with Gasteiger partial charge in [-0.1, -0.05) is 84.0 Å². The largest absolute Gasteiger partial charge is 0.484 e. The molecule has 1 fully saturated rings. The average Bonchev–Trinajstić information content (AvgIpc) is 3.41. The molecule has 0 aliphatic heterocycles. The van der Waals surface area contributed by atoms with Crippen molar-refractivity contribution in [1.82, 2.24) is 10.2 Å². The fourth-order valence-corrected chi connectivity index (χ4v) is 5.28. The maximum atomic E-state index is 13.8. The van der Waals surface area contributed by atoms with Crippen molar-refractivity contribution in [3.8, 4) is 5.75 Å². The van der Waals surface area contributed by atoms with Gasteiger partial charge in [0.1, 0.15) is 11.8 Å². The quantitative estimate of drug-likeness (QED) is 0.283. The molecule has 1 unspecified atom stereocenters. The highest BCUT2D eigenvalue weighted by molar-refractivity contribution is 6.35. The van der Waals surface area contributed by atoms with Crippen molar-refractivity contribution in [2.45, 2.75) is 57.7 Å². The zero-order chi connectivity index (χ0) is 27.1. The molecule has 0 saturated heterocycles. The van der Waals surface area contributed by atoms with E-state index in [1.807, 2.05) is 37.3 Å². The molecule has 3 aromatic carbocycles.